The number of rotatable bonds is 11. The van der Waals surface area contributed by atoms with Crippen molar-refractivity contribution in [1.82, 2.24) is 0 Å². The first-order chi connectivity index (χ1) is 20.2. The summed E-state index contributed by atoms with van der Waals surface area (Å²) < 4.78 is 5.14. The van der Waals surface area contributed by atoms with Crippen LogP contribution >= 0.6 is 0 Å². The molecular weight excluding hydrogens is 536 g/mol. The molecule has 5 N–H and O–H groups in total. The molecule has 0 saturated heterocycles. The van der Waals surface area contributed by atoms with E-state index in [1.165, 1.54) is 0 Å². The Morgan fingerprint density at radius 2 is 1.29 bits per heavy atom. The first-order valence-corrected chi connectivity index (χ1v) is 13.1. The molecule has 0 aromatic heterocycles. The van der Waals surface area contributed by atoms with E-state index in [4.69, 9.17) is 9.84 Å². The molecule has 4 amide bonds. The number of anilines is 4. The maximum atomic E-state index is 12.7. The van der Waals surface area contributed by atoms with Crippen molar-refractivity contribution < 1.29 is 29.0 Å². The molecule has 42 heavy (non-hydrogen) atoms. The van der Waals surface area contributed by atoms with Crippen LogP contribution in [-0.2, 0) is 27.2 Å². The molecule has 10 heteroatoms. The minimum absolute atomic E-state index is 0.0653. The molecule has 0 spiro atoms. The van der Waals surface area contributed by atoms with Crippen molar-refractivity contribution >= 4 is 46.6 Å². The van der Waals surface area contributed by atoms with E-state index in [9.17, 15) is 19.2 Å². The van der Waals surface area contributed by atoms with Gasteiger partial charge in [-0.25, -0.2) is 9.59 Å². The zero-order valence-electron chi connectivity index (χ0n) is 22.8. The lowest BCUT2D eigenvalue weighted by Crippen LogP contribution is -2.20. The monoisotopic (exact) mass is 566 g/mol. The van der Waals surface area contributed by atoms with E-state index in [1.54, 1.807) is 72.8 Å². The van der Waals surface area contributed by atoms with Crippen LogP contribution in [0.25, 0.3) is 0 Å². The second-order valence-corrected chi connectivity index (χ2v) is 9.45. The summed E-state index contributed by atoms with van der Waals surface area (Å²) in [5.74, 6) is -1.28. The van der Waals surface area contributed by atoms with Gasteiger partial charge in [0.2, 0.25) is 11.8 Å². The predicted molar refractivity (Wildman–Crippen MR) is 161 cm³/mol. The predicted octanol–water partition coefficient (Wildman–Crippen LogP) is 5.46. The second-order valence-electron chi connectivity index (χ2n) is 9.45. The average Bonchev–Trinajstić information content (AvgIpc) is 2.94. The van der Waals surface area contributed by atoms with Crippen LogP contribution < -0.4 is 26.0 Å². The standard InChI is InChI=1S/C32H30N4O6/c1-21-6-2-3-11-28(21)36-32(41)35-24-14-12-22(13-15-24)17-29(37)33-25-8-4-7-23(16-25)18-30(38)34-26-9-5-10-27(19-26)42-20-31(39)40/h2-16,19H,17-18,20H2,1H3,(H,33,37)(H,34,38)(H,39,40)(H2,35,36,41). The summed E-state index contributed by atoms with van der Waals surface area (Å²) in [6.45, 7) is 1.43. The number of hydrogen-bond donors (Lipinski definition) is 5. The molecule has 0 radical (unpaired) electrons. The van der Waals surface area contributed by atoms with E-state index in [-0.39, 0.29) is 30.7 Å². The summed E-state index contributed by atoms with van der Waals surface area (Å²) in [4.78, 5) is 48.2. The van der Waals surface area contributed by atoms with Crippen LogP contribution in [0.5, 0.6) is 5.75 Å². The van der Waals surface area contributed by atoms with E-state index in [0.717, 1.165) is 16.8 Å². The molecule has 4 rings (SSSR count). The quantitative estimate of drug-likeness (QED) is 0.163. The summed E-state index contributed by atoms with van der Waals surface area (Å²) >= 11 is 0. The van der Waals surface area contributed by atoms with Gasteiger partial charge in [0.1, 0.15) is 5.75 Å². The van der Waals surface area contributed by atoms with Gasteiger partial charge in [0.05, 0.1) is 12.8 Å². The number of carbonyl (C=O) groups excluding carboxylic acids is 3. The van der Waals surface area contributed by atoms with Gasteiger partial charge in [0.15, 0.2) is 6.61 Å². The number of hydrogen-bond acceptors (Lipinski definition) is 5. The van der Waals surface area contributed by atoms with Crippen molar-refractivity contribution in [1.29, 1.82) is 0 Å². The number of urea groups is 1. The van der Waals surface area contributed by atoms with E-state index in [1.807, 2.05) is 31.2 Å². The van der Waals surface area contributed by atoms with Crippen LogP contribution in [0.15, 0.2) is 97.1 Å². The van der Waals surface area contributed by atoms with Gasteiger partial charge in [-0.2, -0.15) is 0 Å². The minimum atomic E-state index is -1.10. The van der Waals surface area contributed by atoms with Crippen molar-refractivity contribution in [2.75, 3.05) is 27.9 Å². The lowest BCUT2D eigenvalue weighted by atomic mass is 10.1. The van der Waals surface area contributed by atoms with E-state index in [2.05, 4.69) is 21.3 Å². The molecule has 0 aliphatic rings. The van der Waals surface area contributed by atoms with Crippen LogP contribution in [-0.4, -0.2) is 35.5 Å². The Balaban J connectivity index is 1.26. The minimum Gasteiger partial charge on any atom is -0.482 e. The molecule has 214 valence electrons. The number of carboxylic acid groups (broad SMARTS) is 1. The highest BCUT2D eigenvalue weighted by Crippen LogP contribution is 2.19. The number of para-hydroxylation sites is 1. The molecule has 0 fully saturated rings. The fourth-order valence-corrected chi connectivity index (χ4v) is 4.05. The van der Waals surface area contributed by atoms with E-state index >= 15 is 0 Å². The summed E-state index contributed by atoms with van der Waals surface area (Å²) in [6, 6.07) is 27.6. The van der Waals surface area contributed by atoms with E-state index in [0.29, 0.717) is 28.4 Å². The molecule has 4 aromatic carbocycles. The summed E-state index contributed by atoms with van der Waals surface area (Å²) in [6.07, 6.45) is 0.191. The number of aliphatic carboxylic acids is 1. The first kappa shape index (κ1) is 29.3. The molecule has 0 saturated carbocycles. The van der Waals surface area contributed by atoms with Gasteiger partial charge < -0.3 is 31.1 Å². The molecular formula is C32H30N4O6. The normalized spacial score (nSPS) is 10.3. The number of amides is 4. The van der Waals surface area contributed by atoms with Gasteiger partial charge in [-0.05, 0) is 66.1 Å². The fraction of sp³-hybridized carbons (Fsp3) is 0.125. The Morgan fingerprint density at radius 3 is 1.98 bits per heavy atom. The number of aryl methyl sites for hydroxylation is 1. The SMILES string of the molecule is Cc1ccccc1NC(=O)Nc1ccc(CC(=O)Nc2cccc(CC(=O)Nc3cccc(OCC(=O)O)c3)c2)cc1. The Kier molecular flexibility index (Phi) is 9.87. The van der Waals surface area contributed by atoms with Crippen LogP contribution in [0, 0.1) is 6.92 Å². The highest BCUT2D eigenvalue weighted by atomic mass is 16.5. The number of benzene rings is 4. The zero-order chi connectivity index (χ0) is 29.9. The molecule has 0 bridgehead atoms. The van der Waals surface area contributed by atoms with Crippen LogP contribution in [0.3, 0.4) is 0 Å². The van der Waals surface area contributed by atoms with Crippen LogP contribution in [0.4, 0.5) is 27.5 Å². The van der Waals surface area contributed by atoms with E-state index < -0.39 is 12.6 Å². The number of carboxylic acids is 1. The van der Waals surface area contributed by atoms with Gasteiger partial charge in [0, 0.05) is 28.8 Å². The second kappa shape index (κ2) is 14.1. The third-order valence-electron chi connectivity index (χ3n) is 6.03. The fourth-order valence-electron chi connectivity index (χ4n) is 4.05. The van der Waals surface area contributed by atoms with Crippen LogP contribution in [0.2, 0.25) is 0 Å². The number of carbonyl (C=O) groups is 4. The van der Waals surface area contributed by atoms with Gasteiger partial charge >= 0.3 is 12.0 Å². The molecule has 4 aromatic rings. The Bertz CT molecular complexity index is 1590. The maximum Gasteiger partial charge on any atom is 0.341 e. The summed E-state index contributed by atoms with van der Waals surface area (Å²) in [5, 5.41) is 19.9. The van der Waals surface area contributed by atoms with Gasteiger partial charge in [-0.15, -0.1) is 0 Å². The van der Waals surface area contributed by atoms with Gasteiger partial charge in [0.25, 0.3) is 0 Å². The maximum absolute atomic E-state index is 12.7. The first-order valence-electron chi connectivity index (χ1n) is 13.1. The highest BCUT2D eigenvalue weighted by Gasteiger charge is 2.10. The topological polar surface area (TPSA) is 146 Å². The van der Waals surface area contributed by atoms with Gasteiger partial charge in [-0.3, -0.25) is 9.59 Å². The van der Waals surface area contributed by atoms with Crippen molar-refractivity contribution in [2.45, 2.75) is 19.8 Å². The summed E-state index contributed by atoms with van der Waals surface area (Å²) in [7, 11) is 0. The smallest absolute Gasteiger partial charge is 0.341 e. The molecule has 0 aliphatic carbocycles. The largest absolute Gasteiger partial charge is 0.482 e. The molecule has 0 aliphatic heterocycles. The lowest BCUT2D eigenvalue weighted by molar-refractivity contribution is -0.139. The van der Waals surface area contributed by atoms with Crippen molar-refractivity contribution in [3.63, 3.8) is 0 Å². The molecule has 0 unspecified atom stereocenters. The molecule has 10 nitrogen and oxygen atoms in total. The highest BCUT2D eigenvalue weighted by molar-refractivity contribution is 6.00. The van der Waals surface area contributed by atoms with Crippen molar-refractivity contribution in [3.05, 3.63) is 114 Å². The van der Waals surface area contributed by atoms with Crippen molar-refractivity contribution in [2.24, 2.45) is 0 Å². The van der Waals surface area contributed by atoms with Crippen LogP contribution in [0.1, 0.15) is 16.7 Å². The zero-order valence-corrected chi connectivity index (χ0v) is 22.8. The number of ether oxygens (including phenoxy) is 1. The van der Waals surface area contributed by atoms with Crippen molar-refractivity contribution in [3.8, 4) is 5.75 Å². The summed E-state index contributed by atoms with van der Waals surface area (Å²) in [5.41, 5.74) is 4.76. The van der Waals surface area contributed by atoms with Gasteiger partial charge in [-0.1, -0.05) is 48.5 Å². The molecule has 0 atom stereocenters. The third kappa shape index (κ3) is 9.23. The Morgan fingerprint density at radius 1 is 0.643 bits per heavy atom. The average molecular weight is 567 g/mol. The number of nitrogens with one attached hydrogen (secondary N) is 4. The molecule has 0 heterocycles. The lowest BCUT2D eigenvalue weighted by Gasteiger charge is -2.11. The Labute approximate surface area is 242 Å². The Hall–Kier alpha value is -5.64. The third-order valence-corrected chi connectivity index (χ3v) is 6.03.